The smallest absolute Gasteiger partial charge is 0.313 e. The monoisotopic (exact) mass is 1030 g/mol. The lowest BCUT2D eigenvalue weighted by molar-refractivity contribution is 0.420. The van der Waals surface area contributed by atoms with Crippen molar-refractivity contribution in [3.8, 4) is 23.0 Å². The van der Waals surface area contributed by atoms with E-state index in [-0.39, 0.29) is 43.3 Å². The number of fused-ring (bicyclic) bond motifs is 4. The van der Waals surface area contributed by atoms with E-state index in [1.54, 1.807) is 0 Å². The Morgan fingerprint density at radius 3 is 0.824 bits per heavy atom. The van der Waals surface area contributed by atoms with E-state index in [1.165, 1.54) is 44.5 Å². The van der Waals surface area contributed by atoms with Crippen molar-refractivity contribution < 1.29 is 18.1 Å². The first-order chi connectivity index (χ1) is 33.7. The molecule has 0 aromatic heterocycles. The summed E-state index contributed by atoms with van der Waals surface area (Å²) >= 11 is 0. The van der Waals surface area contributed by atoms with Crippen LogP contribution in [0.1, 0.15) is 228 Å². The number of benzene rings is 5. The van der Waals surface area contributed by atoms with Crippen LogP contribution in [0.3, 0.4) is 0 Å². The summed E-state index contributed by atoms with van der Waals surface area (Å²) in [5.41, 5.74) is 13.2. The maximum absolute atomic E-state index is 7.95. The fourth-order valence-electron chi connectivity index (χ4n) is 9.78. The van der Waals surface area contributed by atoms with Crippen molar-refractivity contribution in [2.75, 3.05) is 0 Å². The van der Waals surface area contributed by atoms with E-state index in [4.69, 9.17) is 18.1 Å². The van der Waals surface area contributed by atoms with Crippen molar-refractivity contribution in [1.82, 2.24) is 0 Å². The van der Waals surface area contributed by atoms with Crippen LogP contribution < -0.4 is 18.1 Å². The highest BCUT2D eigenvalue weighted by molar-refractivity contribution is 7.69. The van der Waals surface area contributed by atoms with Gasteiger partial charge in [-0.2, -0.15) is 0 Å². The van der Waals surface area contributed by atoms with Crippen LogP contribution in [-0.2, 0) is 43.3 Å². The number of rotatable bonds is 10. The molecule has 0 radical (unpaired) electrons. The van der Waals surface area contributed by atoms with E-state index in [2.05, 4.69) is 275 Å². The van der Waals surface area contributed by atoms with Crippen LogP contribution >= 0.6 is 16.8 Å². The Morgan fingerprint density at radius 2 is 0.581 bits per heavy atom. The summed E-state index contributed by atoms with van der Waals surface area (Å²) < 4.78 is 31.8. The number of allylic oxidation sites excluding steroid dienone is 4. The van der Waals surface area contributed by atoms with E-state index < -0.39 is 21.6 Å². The predicted octanol–water partition coefficient (Wildman–Crippen LogP) is 20.9. The third-order valence-electron chi connectivity index (χ3n) is 14.8. The van der Waals surface area contributed by atoms with Crippen LogP contribution in [0.4, 0.5) is 0 Å². The average molecular weight is 1040 g/mol. The minimum absolute atomic E-state index is 0.0689. The van der Waals surface area contributed by atoms with E-state index >= 15 is 0 Å². The van der Waals surface area contributed by atoms with E-state index in [0.717, 1.165) is 45.3 Å². The predicted molar refractivity (Wildman–Crippen MR) is 321 cm³/mol. The molecule has 0 N–H and O–H groups in total. The lowest BCUT2D eigenvalue weighted by atomic mass is 9.74. The van der Waals surface area contributed by atoms with E-state index in [1.807, 2.05) is 0 Å². The Labute approximate surface area is 452 Å². The van der Waals surface area contributed by atoms with Gasteiger partial charge in [-0.15, -0.1) is 0 Å². The summed E-state index contributed by atoms with van der Waals surface area (Å²) in [6.45, 7) is 54.9. The van der Waals surface area contributed by atoms with Gasteiger partial charge in [-0.05, 0) is 125 Å². The zero-order chi connectivity index (χ0) is 55.2. The lowest BCUT2D eigenvalue weighted by Gasteiger charge is -2.45. The maximum Gasteiger partial charge on any atom is 0.313 e. The highest BCUT2D eigenvalue weighted by atomic mass is 31.2. The van der Waals surface area contributed by atoms with Crippen molar-refractivity contribution in [2.24, 2.45) is 0 Å². The van der Waals surface area contributed by atoms with Gasteiger partial charge < -0.3 is 18.1 Å². The molecular weight excluding hydrogens is 943 g/mol. The molecule has 398 valence electrons. The van der Waals surface area contributed by atoms with Crippen molar-refractivity contribution in [3.05, 3.63) is 165 Å². The largest absolute Gasteiger partial charge is 0.437 e. The summed E-state index contributed by atoms with van der Waals surface area (Å²) in [4.78, 5) is -0.984. The molecule has 4 nitrogen and oxygen atoms in total. The fraction of sp³-hybridized carbons (Fsp3) is 0.500. The molecular formula is C68H92O4P2. The quantitative estimate of drug-likeness (QED) is 0.131. The minimum Gasteiger partial charge on any atom is -0.437 e. The maximum atomic E-state index is 7.95. The van der Waals surface area contributed by atoms with Crippen LogP contribution in [0, 0.1) is 0 Å². The third-order valence-corrected chi connectivity index (χ3v) is 19.1. The molecule has 0 spiro atoms. The van der Waals surface area contributed by atoms with Gasteiger partial charge in [0.15, 0.2) is 4.90 Å². The molecule has 6 heteroatoms. The zero-order valence-corrected chi connectivity index (χ0v) is 51.9. The Morgan fingerprint density at radius 1 is 0.324 bits per heavy atom. The molecule has 0 aliphatic heterocycles. The van der Waals surface area contributed by atoms with Crippen LogP contribution in [-0.4, -0.2) is 4.90 Å². The van der Waals surface area contributed by atoms with Crippen LogP contribution in [0.15, 0.2) is 109 Å². The highest BCUT2D eigenvalue weighted by Gasteiger charge is 2.58. The van der Waals surface area contributed by atoms with Crippen molar-refractivity contribution in [2.45, 2.75) is 221 Å². The van der Waals surface area contributed by atoms with Gasteiger partial charge in [0.25, 0.3) is 0 Å². The molecule has 5 aromatic carbocycles. The van der Waals surface area contributed by atoms with Crippen LogP contribution in [0.2, 0.25) is 0 Å². The Kier molecular flexibility index (Phi) is 15.2. The molecule has 2 aliphatic rings. The van der Waals surface area contributed by atoms with Gasteiger partial charge in [0.1, 0.15) is 23.0 Å². The van der Waals surface area contributed by atoms with Gasteiger partial charge in [0, 0.05) is 22.3 Å². The van der Waals surface area contributed by atoms with Gasteiger partial charge in [-0.3, -0.25) is 0 Å². The van der Waals surface area contributed by atoms with Gasteiger partial charge >= 0.3 is 16.8 Å². The number of hydrogen-bond acceptors (Lipinski definition) is 4. The lowest BCUT2D eigenvalue weighted by Crippen LogP contribution is -2.34. The Hall–Kier alpha value is -4.36. The average Bonchev–Trinajstić information content (AvgIpc) is 3.25. The second-order valence-electron chi connectivity index (χ2n) is 29.5. The summed E-state index contributed by atoms with van der Waals surface area (Å²) in [6, 6.07) is 36.0. The molecule has 7 rings (SSSR count). The second kappa shape index (κ2) is 19.6. The van der Waals surface area contributed by atoms with Gasteiger partial charge in [0.2, 0.25) is 0 Å². The molecule has 0 amide bonds. The third kappa shape index (κ3) is 12.1. The molecule has 2 aliphatic carbocycles. The molecule has 0 heterocycles. The highest BCUT2D eigenvalue weighted by Crippen LogP contribution is 2.74. The van der Waals surface area contributed by atoms with Gasteiger partial charge in [-0.25, -0.2) is 0 Å². The van der Waals surface area contributed by atoms with Crippen molar-refractivity contribution in [3.63, 3.8) is 0 Å². The summed E-state index contributed by atoms with van der Waals surface area (Å²) in [7, 11) is -4.04. The summed E-state index contributed by atoms with van der Waals surface area (Å²) in [5, 5.41) is 0. The van der Waals surface area contributed by atoms with Gasteiger partial charge in [-0.1, -0.05) is 245 Å². The molecule has 0 bridgehead atoms. The standard InChI is InChI=1S/C68H92O4P2/c1-60(2,3)44-29-33-56(52(39-44)64(13,14)15)69-73(70-57-34-30-45(61(4,5)6)40-53(57)65(16,17)18)68(38-37-50-48-27-25-26-28-49(48)51(50)43-68)74(71-58-35-31-46(62(7,8)9)41-54(58)66(19,20)21)72-59-36-32-47(63(10,11)12)42-55(59)67(22,23)24/h25-37,39-43H,38H2,1-24H3. The van der Waals surface area contributed by atoms with E-state index in [9.17, 15) is 0 Å². The summed E-state index contributed by atoms with van der Waals surface area (Å²) in [6.07, 6.45) is 5.44. The SMILES string of the molecule is CC(C)(C)c1ccc(OP(Oc2ccc(C(C)(C)C)cc2C(C)(C)C)C2(P(Oc3ccc(C(C)(C)C)cc3C(C)(C)C)Oc3ccc(C(C)(C)C)cc3C(C)(C)C)C=C3C(=CC2)c2ccccc23)c(C(C)(C)C)c1. The van der Waals surface area contributed by atoms with Crippen molar-refractivity contribution >= 4 is 27.9 Å². The van der Waals surface area contributed by atoms with Crippen LogP contribution in [0.25, 0.3) is 11.1 Å². The molecule has 0 atom stereocenters. The minimum atomic E-state index is -2.02. The first kappa shape index (κ1) is 57.3. The molecule has 0 saturated heterocycles. The topological polar surface area (TPSA) is 36.9 Å². The molecule has 5 aromatic rings. The van der Waals surface area contributed by atoms with Gasteiger partial charge in [0.05, 0.1) is 0 Å². The first-order valence-corrected chi connectivity index (χ1v) is 29.5. The van der Waals surface area contributed by atoms with Crippen molar-refractivity contribution in [1.29, 1.82) is 0 Å². The molecule has 74 heavy (non-hydrogen) atoms. The fourth-order valence-corrected chi connectivity index (χ4v) is 13.8. The zero-order valence-electron chi connectivity index (χ0n) is 50.1. The molecule has 0 unspecified atom stereocenters. The Balaban J connectivity index is 1.61. The Bertz CT molecular complexity index is 2630. The molecule has 0 fully saturated rings. The van der Waals surface area contributed by atoms with E-state index in [0.29, 0.717) is 6.42 Å². The van der Waals surface area contributed by atoms with Crippen LogP contribution in [0.5, 0.6) is 23.0 Å². The molecule has 0 saturated carbocycles. The second-order valence-corrected chi connectivity index (χ2v) is 33.2. The first-order valence-electron chi connectivity index (χ1n) is 27.2. The summed E-state index contributed by atoms with van der Waals surface area (Å²) in [5.74, 6) is 3.25. The normalized spacial score (nSPS) is 15.5. The number of hydrogen-bond donors (Lipinski definition) is 0.